The topological polar surface area (TPSA) is 94.8 Å². The Morgan fingerprint density at radius 2 is 1.77 bits per heavy atom. The Morgan fingerprint density at radius 3 is 2.45 bits per heavy atom. The summed E-state index contributed by atoms with van der Waals surface area (Å²) in [4.78, 5) is 17.5. The van der Waals surface area contributed by atoms with E-state index in [4.69, 9.17) is 0 Å². The summed E-state index contributed by atoms with van der Waals surface area (Å²) < 4.78 is 0. The monoisotopic (exact) mass is 538 g/mol. The molecule has 0 atom stereocenters. The van der Waals surface area contributed by atoms with Crippen LogP contribution in [0.1, 0.15) is 18.4 Å². The minimum Gasteiger partial charge on any atom is -0.378 e. The van der Waals surface area contributed by atoms with E-state index in [0.29, 0.717) is 24.8 Å². The molecule has 0 aromatic heterocycles. The maximum atomic E-state index is 11.1. The Hall–Kier alpha value is -2.40. The molecule has 9 heteroatoms. The van der Waals surface area contributed by atoms with Gasteiger partial charge in [0.15, 0.2) is 5.96 Å². The predicted octanol–water partition coefficient (Wildman–Crippen LogP) is 3.45. The molecule has 1 aliphatic heterocycles. The first-order valence-electron chi connectivity index (χ1n) is 10.4. The Balaban J connectivity index is 0.00000341. The van der Waals surface area contributed by atoms with Crippen LogP contribution in [-0.4, -0.2) is 55.1 Å². The fourth-order valence-electron chi connectivity index (χ4n) is 3.63. The summed E-state index contributed by atoms with van der Waals surface area (Å²) in [7, 11) is 1.76. The SMILES string of the molecule is CN=C(NCCNc1ccccc1[N+](=O)[O-])NC1CCN(Cc2ccccc2)CC1.I. The van der Waals surface area contributed by atoms with E-state index in [-0.39, 0.29) is 34.6 Å². The number of likely N-dealkylation sites (tertiary alicyclic amines) is 1. The number of hydrogen-bond donors (Lipinski definition) is 3. The second-order valence-electron chi connectivity index (χ2n) is 7.38. The lowest BCUT2D eigenvalue weighted by Gasteiger charge is -2.33. The zero-order chi connectivity index (χ0) is 21.2. The molecule has 8 nitrogen and oxygen atoms in total. The summed E-state index contributed by atoms with van der Waals surface area (Å²) in [5, 5.41) is 21.0. The third-order valence-electron chi connectivity index (χ3n) is 5.23. The zero-order valence-electron chi connectivity index (χ0n) is 17.8. The third kappa shape index (κ3) is 7.98. The fraction of sp³-hybridized carbons (Fsp3) is 0.409. The van der Waals surface area contributed by atoms with Crippen molar-refractivity contribution in [2.75, 3.05) is 38.5 Å². The summed E-state index contributed by atoms with van der Waals surface area (Å²) in [5.74, 6) is 0.765. The molecule has 2 aromatic rings. The number of para-hydroxylation sites is 2. The standard InChI is InChI=1S/C22H30N6O2.HI/c1-23-22(25-14-13-24-20-9-5-6-10-21(20)28(29)30)26-19-11-15-27(16-12-19)17-18-7-3-2-4-8-18;/h2-10,19,24H,11-17H2,1H3,(H2,23,25,26);1H. The molecule has 31 heavy (non-hydrogen) atoms. The lowest BCUT2D eigenvalue weighted by Crippen LogP contribution is -2.49. The summed E-state index contributed by atoms with van der Waals surface area (Å²) in [6.07, 6.45) is 2.14. The number of nitro benzene ring substituents is 1. The molecule has 0 unspecified atom stereocenters. The summed E-state index contributed by atoms with van der Waals surface area (Å²) in [6.45, 7) is 4.28. The van der Waals surface area contributed by atoms with Crippen LogP contribution in [-0.2, 0) is 6.54 Å². The molecule has 0 radical (unpaired) electrons. The summed E-state index contributed by atoms with van der Waals surface area (Å²) in [6, 6.07) is 17.6. The van der Waals surface area contributed by atoms with Gasteiger partial charge in [-0.1, -0.05) is 42.5 Å². The van der Waals surface area contributed by atoms with Crippen LogP contribution in [0.3, 0.4) is 0 Å². The number of nitrogens with zero attached hydrogens (tertiary/aromatic N) is 3. The van der Waals surface area contributed by atoms with Crippen molar-refractivity contribution in [2.45, 2.75) is 25.4 Å². The predicted molar refractivity (Wildman–Crippen MR) is 136 cm³/mol. The van der Waals surface area contributed by atoms with Crippen molar-refractivity contribution in [3.05, 3.63) is 70.3 Å². The summed E-state index contributed by atoms with van der Waals surface area (Å²) in [5.41, 5.74) is 1.97. The molecule has 168 valence electrons. The number of anilines is 1. The van der Waals surface area contributed by atoms with Gasteiger partial charge >= 0.3 is 0 Å². The molecule has 1 saturated heterocycles. The van der Waals surface area contributed by atoms with Crippen molar-refractivity contribution < 1.29 is 4.92 Å². The molecule has 3 N–H and O–H groups in total. The lowest BCUT2D eigenvalue weighted by atomic mass is 10.0. The van der Waals surface area contributed by atoms with Crippen LogP contribution in [0, 0.1) is 10.1 Å². The molecular weight excluding hydrogens is 507 g/mol. The number of nitro groups is 1. The van der Waals surface area contributed by atoms with Crippen LogP contribution < -0.4 is 16.0 Å². The number of benzene rings is 2. The molecule has 0 saturated carbocycles. The van der Waals surface area contributed by atoms with Gasteiger partial charge in [-0.05, 0) is 24.5 Å². The van der Waals surface area contributed by atoms with Crippen LogP contribution in [0.4, 0.5) is 11.4 Å². The molecule has 1 aliphatic rings. The van der Waals surface area contributed by atoms with Gasteiger partial charge in [0.2, 0.25) is 0 Å². The smallest absolute Gasteiger partial charge is 0.292 e. The van der Waals surface area contributed by atoms with Crippen molar-refractivity contribution in [2.24, 2.45) is 4.99 Å². The number of rotatable bonds is 8. The average Bonchev–Trinajstić information content (AvgIpc) is 2.78. The van der Waals surface area contributed by atoms with Crippen LogP contribution in [0.5, 0.6) is 0 Å². The maximum Gasteiger partial charge on any atom is 0.292 e. The zero-order valence-corrected chi connectivity index (χ0v) is 20.1. The third-order valence-corrected chi connectivity index (χ3v) is 5.23. The fourth-order valence-corrected chi connectivity index (χ4v) is 3.63. The van der Waals surface area contributed by atoms with Crippen molar-refractivity contribution in [1.29, 1.82) is 0 Å². The minimum atomic E-state index is -0.375. The van der Waals surface area contributed by atoms with Crippen LogP contribution in [0.2, 0.25) is 0 Å². The number of aliphatic imine (C=N–C) groups is 1. The van der Waals surface area contributed by atoms with E-state index in [0.717, 1.165) is 38.4 Å². The van der Waals surface area contributed by atoms with E-state index in [1.807, 2.05) is 0 Å². The lowest BCUT2D eigenvalue weighted by molar-refractivity contribution is -0.384. The normalized spacial score (nSPS) is 15.1. The van der Waals surface area contributed by atoms with E-state index >= 15 is 0 Å². The number of halogens is 1. The molecular formula is C22H31IN6O2. The number of piperidine rings is 1. The molecule has 3 rings (SSSR count). The number of nitrogens with one attached hydrogen (secondary N) is 3. The van der Waals surface area contributed by atoms with Crippen molar-refractivity contribution in [3.63, 3.8) is 0 Å². The van der Waals surface area contributed by atoms with E-state index in [1.165, 1.54) is 11.6 Å². The average molecular weight is 538 g/mol. The van der Waals surface area contributed by atoms with E-state index in [1.54, 1.807) is 25.2 Å². The Morgan fingerprint density at radius 1 is 1.10 bits per heavy atom. The van der Waals surface area contributed by atoms with E-state index in [9.17, 15) is 10.1 Å². The highest BCUT2D eigenvalue weighted by Crippen LogP contribution is 2.22. The van der Waals surface area contributed by atoms with Gasteiger partial charge < -0.3 is 16.0 Å². The van der Waals surface area contributed by atoms with Gasteiger partial charge in [-0.2, -0.15) is 0 Å². The van der Waals surface area contributed by atoms with Gasteiger partial charge in [-0.15, -0.1) is 24.0 Å². The highest BCUT2D eigenvalue weighted by atomic mass is 127. The Kier molecular flexibility index (Phi) is 10.5. The van der Waals surface area contributed by atoms with Crippen LogP contribution in [0.25, 0.3) is 0 Å². The van der Waals surface area contributed by atoms with Gasteiger partial charge in [0.25, 0.3) is 5.69 Å². The highest BCUT2D eigenvalue weighted by Gasteiger charge is 2.20. The van der Waals surface area contributed by atoms with Crippen LogP contribution >= 0.6 is 24.0 Å². The van der Waals surface area contributed by atoms with Gasteiger partial charge in [0.1, 0.15) is 5.69 Å². The van der Waals surface area contributed by atoms with E-state index < -0.39 is 0 Å². The first kappa shape index (κ1) is 24.9. The molecule has 1 heterocycles. The first-order chi connectivity index (χ1) is 14.7. The highest BCUT2D eigenvalue weighted by molar-refractivity contribution is 14.0. The maximum absolute atomic E-state index is 11.1. The quantitative estimate of drug-likeness (QED) is 0.119. The molecule has 0 aliphatic carbocycles. The minimum absolute atomic E-state index is 0. The van der Waals surface area contributed by atoms with Crippen molar-refractivity contribution in [1.82, 2.24) is 15.5 Å². The van der Waals surface area contributed by atoms with Crippen molar-refractivity contribution >= 4 is 41.3 Å². The van der Waals surface area contributed by atoms with E-state index in [2.05, 4.69) is 56.2 Å². The Labute approximate surface area is 200 Å². The Bertz CT molecular complexity index is 841. The van der Waals surface area contributed by atoms with Gasteiger partial charge in [-0.3, -0.25) is 20.0 Å². The summed E-state index contributed by atoms with van der Waals surface area (Å²) >= 11 is 0. The van der Waals surface area contributed by atoms with Crippen LogP contribution in [0.15, 0.2) is 59.6 Å². The molecule has 0 bridgehead atoms. The largest absolute Gasteiger partial charge is 0.378 e. The number of hydrogen-bond acceptors (Lipinski definition) is 5. The van der Waals surface area contributed by atoms with Gasteiger partial charge in [-0.25, -0.2) is 0 Å². The first-order valence-corrected chi connectivity index (χ1v) is 10.4. The molecule has 1 fully saturated rings. The second kappa shape index (κ2) is 13.1. The van der Waals surface area contributed by atoms with Crippen molar-refractivity contribution in [3.8, 4) is 0 Å². The molecule has 0 amide bonds. The molecule has 0 spiro atoms. The number of guanidine groups is 1. The van der Waals surface area contributed by atoms with Gasteiger partial charge in [0.05, 0.1) is 4.92 Å². The second-order valence-corrected chi connectivity index (χ2v) is 7.38. The molecule has 2 aromatic carbocycles. The van der Waals surface area contributed by atoms with Gasteiger partial charge in [0, 0.05) is 51.9 Å².